The maximum atomic E-state index is 13.1. The van der Waals surface area contributed by atoms with E-state index in [2.05, 4.69) is 17.1 Å². The van der Waals surface area contributed by atoms with E-state index in [9.17, 15) is 45.7 Å². The Morgan fingerprint density at radius 1 is 0.581 bits per heavy atom. The van der Waals surface area contributed by atoms with E-state index in [-0.39, 0.29) is 33.0 Å². The lowest BCUT2D eigenvalue weighted by molar-refractivity contribution is 0.0685. The first kappa shape index (κ1) is 45.3. The number of carbonyl (C=O) groups is 2. The highest BCUT2D eigenvalue weighted by molar-refractivity contribution is 7.86. The quantitative estimate of drug-likeness (QED) is 0.0927. The minimum Gasteiger partial charge on any atom is -0.478 e. The van der Waals surface area contributed by atoms with Gasteiger partial charge in [0.05, 0.1) is 27.4 Å². The van der Waals surface area contributed by atoms with Crippen LogP contribution in [0.3, 0.4) is 0 Å². The number of benzene rings is 5. The Morgan fingerprint density at radius 3 is 1.55 bits per heavy atom. The van der Waals surface area contributed by atoms with Crippen LogP contribution < -0.4 is 0 Å². The number of aryl methyl sites for hydroxylation is 5. The fourth-order valence-corrected chi connectivity index (χ4v) is 10.3. The standard InChI is InChI=1S/C49H47NO10S2/c1-26-17-27(2)39(28(3)18-26)22-34-13-15-36(24-41(34)48(51)52)46(45-30(5)20-38(21-31(45)6)50-43-11-9-10-12-44(43)61(55,56)57)37-16-14-35(42(25-37)49(53)54)23-40-29(4)19-32(7)47(33(40)8)62(58,59)60/h9-21,24-25H,22-23H2,1-8H3,(H,51,52)(H,53,54)(H,55,56,57)(H,58,59,60). The lowest BCUT2D eigenvalue weighted by Crippen LogP contribution is -2.11. The van der Waals surface area contributed by atoms with E-state index in [1.165, 1.54) is 24.3 Å². The zero-order chi connectivity index (χ0) is 45.6. The number of hydrogen-bond acceptors (Lipinski definition) is 7. The molecule has 0 unspecified atom stereocenters. The molecule has 0 heterocycles. The van der Waals surface area contributed by atoms with Crippen LogP contribution in [0.2, 0.25) is 0 Å². The minimum atomic E-state index is -4.59. The van der Waals surface area contributed by atoms with Gasteiger partial charge >= 0.3 is 11.9 Å². The third-order valence-corrected chi connectivity index (χ3v) is 13.4. The normalized spacial score (nSPS) is 13.1. The molecule has 4 N–H and O–H groups in total. The molecule has 0 amide bonds. The summed E-state index contributed by atoms with van der Waals surface area (Å²) >= 11 is 0. The maximum Gasteiger partial charge on any atom is 0.335 e. The SMILES string of the molecule is CC1=CC(=Nc2ccccc2S(=O)(=O)O)C=C(C)C1=C(c1ccc(Cc2c(C)cc(C)cc2C)c(C(=O)O)c1)c1ccc(Cc2c(C)cc(C)c(S(=O)(=O)O)c2C)c(C(=O)O)c1. The number of carboxylic acid groups (broad SMARTS) is 2. The minimum absolute atomic E-state index is 0.0240. The van der Waals surface area contributed by atoms with Crippen LogP contribution in [0.25, 0.3) is 5.57 Å². The number of aliphatic imine (C=N–C) groups is 1. The first-order valence-corrected chi connectivity index (χ1v) is 22.5. The molecule has 13 heteroatoms. The molecule has 5 aromatic carbocycles. The number of hydrogen-bond donors (Lipinski definition) is 4. The van der Waals surface area contributed by atoms with Crippen LogP contribution >= 0.6 is 0 Å². The van der Waals surface area contributed by atoms with Crippen LogP contribution in [-0.4, -0.2) is 53.8 Å². The molecular formula is C49H47NO10S2. The zero-order valence-corrected chi connectivity index (χ0v) is 37.2. The second-order valence-electron chi connectivity index (χ2n) is 15.9. The Balaban J connectivity index is 1.58. The largest absolute Gasteiger partial charge is 0.478 e. The summed E-state index contributed by atoms with van der Waals surface area (Å²) in [5.41, 5.74) is 10.9. The van der Waals surface area contributed by atoms with Gasteiger partial charge in [0, 0.05) is 0 Å². The molecule has 1 aliphatic carbocycles. The number of rotatable bonds is 11. The van der Waals surface area contributed by atoms with E-state index in [1.807, 2.05) is 40.7 Å². The van der Waals surface area contributed by atoms with Gasteiger partial charge in [0.2, 0.25) is 0 Å². The fourth-order valence-electron chi connectivity index (χ4n) is 8.68. The van der Waals surface area contributed by atoms with Gasteiger partial charge in [-0.25, -0.2) is 14.6 Å². The van der Waals surface area contributed by atoms with Gasteiger partial charge in [0.1, 0.15) is 4.90 Å². The molecule has 0 saturated carbocycles. The summed E-state index contributed by atoms with van der Waals surface area (Å²) < 4.78 is 69.0. The van der Waals surface area contributed by atoms with Gasteiger partial charge < -0.3 is 10.2 Å². The molecule has 0 atom stereocenters. The highest BCUT2D eigenvalue weighted by Gasteiger charge is 2.26. The number of nitrogens with zero attached hydrogens (tertiary/aromatic N) is 1. The van der Waals surface area contributed by atoms with Crippen molar-refractivity contribution in [3.05, 3.63) is 186 Å². The first-order chi connectivity index (χ1) is 29.0. The fraction of sp³-hybridized carbons (Fsp3) is 0.204. The predicted molar refractivity (Wildman–Crippen MR) is 240 cm³/mol. The predicted octanol–water partition coefficient (Wildman–Crippen LogP) is 10.1. The smallest absolute Gasteiger partial charge is 0.335 e. The summed E-state index contributed by atoms with van der Waals surface area (Å²) in [5, 5.41) is 21.3. The van der Waals surface area contributed by atoms with Crippen LogP contribution in [0.4, 0.5) is 5.69 Å². The highest BCUT2D eigenvalue weighted by Crippen LogP contribution is 2.39. The second kappa shape index (κ2) is 17.3. The molecule has 11 nitrogen and oxygen atoms in total. The van der Waals surface area contributed by atoms with E-state index >= 15 is 0 Å². The van der Waals surface area contributed by atoms with E-state index in [1.54, 1.807) is 69.3 Å². The Morgan fingerprint density at radius 2 is 1.06 bits per heavy atom. The molecule has 6 rings (SSSR count). The van der Waals surface area contributed by atoms with E-state index in [0.717, 1.165) is 22.3 Å². The average molecular weight is 874 g/mol. The van der Waals surface area contributed by atoms with Crippen LogP contribution in [0.1, 0.15) is 101 Å². The Labute approximate surface area is 362 Å². The molecule has 0 aliphatic heterocycles. The number of carboxylic acids is 2. The third kappa shape index (κ3) is 9.31. The summed E-state index contributed by atoms with van der Waals surface area (Å²) in [6, 6.07) is 21.6. The molecule has 0 fully saturated rings. The molecule has 62 heavy (non-hydrogen) atoms. The van der Waals surface area contributed by atoms with Gasteiger partial charge in [-0.2, -0.15) is 16.8 Å². The average Bonchev–Trinajstić information content (AvgIpc) is 3.15. The molecular weight excluding hydrogens is 827 g/mol. The Bertz CT molecular complexity index is 3050. The van der Waals surface area contributed by atoms with Gasteiger partial charge in [0.15, 0.2) is 0 Å². The van der Waals surface area contributed by atoms with Gasteiger partial charge in [-0.1, -0.05) is 60.2 Å². The lowest BCUT2D eigenvalue weighted by Gasteiger charge is -2.23. The molecule has 0 bridgehead atoms. The molecule has 0 radical (unpaired) electrons. The van der Waals surface area contributed by atoms with E-state index < -0.39 is 32.2 Å². The van der Waals surface area contributed by atoms with Crippen molar-refractivity contribution in [1.29, 1.82) is 0 Å². The molecule has 0 aromatic heterocycles. The van der Waals surface area contributed by atoms with E-state index in [4.69, 9.17) is 0 Å². The van der Waals surface area contributed by atoms with Crippen molar-refractivity contribution < 1.29 is 45.7 Å². The van der Waals surface area contributed by atoms with Gasteiger partial charge in [-0.15, -0.1) is 0 Å². The van der Waals surface area contributed by atoms with Gasteiger partial charge in [-0.05, 0) is 188 Å². The number of allylic oxidation sites excluding steroid dienone is 5. The summed E-state index contributed by atoms with van der Waals surface area (Å²) in [6.07, 6.45) is 3.84. The summed E-state index contributed by atoms with van der Waals surface area (Å²) in [7, 11) is -9.17. The van der Waals surface area contributed by atoms with Crippen molar-refractivity contribution in [2.45, 2.75) is 78.0 Å². The van der Waals surface area contributed by atoms with Crippen molar-refractivity contribution in [3.8, 4) is 0 Å². The van der Waals surface area contributed by atoms with Crippen molar-refractivity contribution in [2.24, 2.45) is 4.99 Å². The maximum absolute atomic E-state index is 13.1. The third-order valence-electron chi connectivity index (χ3n) is 11.3. The zero-order valence-electron chi connectivity index (χ0n) is 35.6. The summed E-state index contributed by atoms with van der Waals surface area (Å²) in [4.78, 5) is 30.1. The van der Waals surface area contributed by atoms with Gasteiger partial charge in [0.25, 0.3) is 20.2 Å². The molecule has 320 valence electrons. The van der Waals surface area contributed by atoms with Crippen LogP contribution in [0.15, 0.2) is 123 Å². The van der Waals surface area contributed by atoms with E-state index in [0.29, 0.717) is 78.9 Å². The van der Waals surface area contributed by atoms with Crippen molar-refractivity contribution >= 4 is 49.1 Å². The number of aromatic carboxylic acids is 2. The first-order valence-electron chi connectivity index (χ1n) is 19.6. The molecule has 1 aliphatic rings. The van der Waals surface area contributed by atoms with Gasteiger partial charge in [-0.3, -0.25) is 9.11 Å². The van der Waals surface area contributed by atoms with Crippen LogP contribution in [0.5, 0.6) is 0 Å². The molecule has 0 spiro atoms. The van der Waals surface area contributed by atoms with Crippen LogP contribution in [-0.2, 0) is 33.1 Å². The topological polar surface area (TPSA) is 196 Å². The number of para-hydroxylation sites is 1. The lowest BCUT2D eigenvalue weighted by atomic mass is 9.81. The monoisotopic (exact) mass is 873 g/mol. The molecule has 5 aromatic rings. The summed E-state index contributed by atoms with van der Waals surface area (Å²) in [5.74, 6) is -2.39. The highest BCUT2D eigenvalue weighted by atomic mass is 32.2. The van der Waals surface area contributed by atoms with Crippen molar-refractivity contribution in [2.75, 3.05) is 0 Å². The Kier molecular flexibility index (Phi) is 12.6. The van der Waals surface area contributed by atoms with Crippen molar-refractivity contribution in [3.63, 3.8) is 0 Å². The summed E-state index contributed by atoms with van der Waals surface area (Å²) in [6.45, 7) is 14.6. The van der Waals surface area contributed by atoms with Crippen molar-refractivity contribution in [1.82, 2.24) is 0 Å². The Hall–Kier alpha value is -6.25. The van der Waals surface area contributed by atoms with Crippen LogP contribution in [0, 0.1) is 41.5 Å². The molecule has 0 saturated heterocycles. The second-order valence-corrected chi connectivity index (χ2v) is 18.6.